The maximum atomic E-state index is 10.9. The van der Waals surface area contributed by atoms with Crippen LogP contribution in [0.1, 0.15) is 10.4 Å². The van der Waals surface area contributed by atoms with Gasteiger partial charge in [0.1, 0.15) is 0 Å². The van der Waals surface area contributed by atoms with Crippen LogP contribution in [0, 0.1) is 0 Å². The van der Waals surface area contributed by atoms with Crippen LogP contribution in [0.2, 0.25) is 5.02 Å². The van der Waals surface area contributed by atoms with Gasteiger partial charge in [-0.25, -0.2) is 4.79 Å². The number of carboxylic acid groups (broad SMARTS) is 1. The monoisotopic (exact) mass is 257 g/mol. The van der Waals surface area contributed by atoms with Gasteiger partial charge in [-0.1, -0.05) is 17.7 Å². The zero-order valence-corrected chi connectivity index (χ0v) is 9.63. The third-order valence-electron chi connectivity index (χ3n) is 2.81. The van der Waals surface area contributed by atoms with Crippen LogP contribution in [0.4, 0.5) is 5.69 Å². The van der Waals surface area contributed by atoms with Crippen LogP contribution in [0.25, 0.3) is 0 Å². The molecule has 1 aromatic carbocycles. The van der Waals surface area contributed by atoms with Gasteiger partial charge < -0.3 is 20.2 Å². The van der Waals surface area contributed by atoms with E-state index in [1.807, 2.05) is 0 Å². The van der Waals surface area contributed by atoms with Crippen LogP contribution in [0.5, 0.6) is 0 Å². The van der Waals surface area contributed by atoms with Gasteiger partial charge in [-0.15, -0.1) is 0 Å². The first kappa shape index (κ1) is 12.2. The van der Waals surface area contributed by atoms with Crippen molar-refractivity contribution in [2.45, 2.75) is 12.2 Å². The van der Waals surface area contributed by atoms with Gasteiger partial charge in [-0.2, -0.15) is 0 Å². The van der Waals surface area contributed by atoms with E-state index in [-0.39, 0.29) is 23.7 Å². The molecule has 1 saturated heterocycles. The van der Waals surface area contributed by atoms with Crippen molar-refractivity contribution < 1.29 is 20.1 Å². The second-order valence-corrected chi connectivity index (χ2v) is 4.36. The van der Waals surface area contributed by atoms with Crippen molar-refractivity contribution in [3.8, 4) is 0 Å². The normalized spacial score (nSPS) is 24.1. The Hall–Kier alpha value is -1.30. The van der Waals surface area contributed by atoms with Gasteiger partial charge in [0.2, 0.25) is 0 Å². The van der Waals surface area contributed by atoms with E-state index in [2.05, 4.69) is 0 Å². The SMILES string of the molecule is O=C(O)c1cccc(N2C[C@H](O)[C@@H](O)C2)c1Cl. The summed E-state index contributed by atoms with van der Waals surface area (Å²) in [7, 11) is 0. The highest BCUT2D eigenvalue weighted by molar-refractivity contribution is 6.36. The van der Waals surface area contributed by atoms with Gasteiger partial charge in [0.15, 0.2) is 0 Å². The summed E-state index contributed by atoms with van der Waals surface area (Å²) in [5.41, 5.74) is 0.530. The van der Waals surface area contributed by atoms with Gasteiger partial charge in [0.25, 0.3) is 0 Å². The standard InChI is InChI=1S/C11H12ClNO4/c12-10-6(11(16)17)2-1-3-7(10)13-4-8(14)9(15)5-13/h1-3,8-9,14-15H,4-5H2,(H,16,17)/t8-,9-/m0/s1. The average Bonchev–Trinajstić information content (AvgIpc) is 2.59. The Morgan fingerprint density at radius 2 is 1.88 bits per heavy atom. The number of aliphatic hydroxyl groups is 2. The first-order valence-electron chi connectivity index (χ1n) is 5.13. The van der Waals surface area contributed by atoms with Crippen molar-refractivity contribution in [1.82, 2.24) is 0 Å². The van der Waals surface area contributed by atoms with E-state index in [9.17, 15) is 15.0 Å². The first-order valence-corrected chi connectivity index (χ1v) is 5.51. The Morgan fingerprint density at radius 3 is 2.41 bits per heavy atom. The highest BCUT2D eigenvalue weighted by Crippen LogP contribution is 2.31. The molecule has 1 aromatic rings. The van der Waals surface area contributed by atoms with E-state index in [1.165, 1.54) is 6.07 Å². The molecule has 92 valence electrons. The van der Waals surface area contributed by atoms with Crippen LogP contribution in [0.15, 0.2) is 18.2 Å². The Labute approximate surface area is 103 Å². The topological polar surface area (TPSA) is 81.0 Å². The van der Waals surface area contributed by atoms with Crippen molar-refractivity contribution in [3.63, 3.8) is 0 Å². The second-order valence-electron chi connectivity index (χ2n) is 3.98. The lowest BCUT2D eigenvalue weighted by Gasteiger charge is -2.19. The summed E-state index contributed by atoms with van der Waals surface area (Å²) < 4.78 is 0. The van der Waals surface area contributed by atoms with E-state index in [0.717, 1.165) is 0 Å². The minimum absolute atomic E-state index is 0.0139. The largest absolute Gasteiger partial charge is 0.478 e. The molecule has 1 fully saturated rings. The molecule has 0 spiro atoms. The molecule has 0 saturated carbocycles. The molecule has 1 heterocycles. The quantitative estimate of drug-likeness (QED) is 0.722. The van der Waals surface area contributed by atoms with Crippen LogP contribution < -0.4 is 4.90 Å². The smallest absolute Gasteiger partial charge is 0.337 e. The number of nitrogens with zero attached hydrogens (tertiary/aromatic N) is 1. The van der Waals surface area contributed by atoms with Crippen molar-refractivity contribution in [2.75, 3.05) is 18.0 Å². The number of benzene rings is 1. The molecule has 1 aliphatic heterocycles. The predicted molar refractivity (Wildman–Crippen MR) is 62.6 cm³/mol. The van der Waals surface area contributed by atoms with E-state index in [0.29, 0.717) is 5.69 Å². The zero-order valence-electron chi connectivity index (χ0n) is 8.88. The summed E-state index contributed by atoms with van der Waals surface area (Å²) in [4.78, 5) is 12.6. The summed E-state index contributed by atoms with van der Waals surface area (Å²) in [5.74, 6) is -1.10. The highest BCUT2D eigenvalue weighted by atomic mass is 35.5. The summed E-state index contributed by atoms with van der Waals surface area (Å²) in [5, 5.41) is 28.0. The van der Waals surface area contributed by atoms with Crippen molar-refractivity contribution in [2.24, 2.45) is 0 Å². The molecule has 2 atom stereocenters. The van der Waals surface area contributed by atoms with Gasteiger partial charge in [-0.05, 0) is 12.1 Å². The first-order chi connectivity index (χ1) is 8.00. The molecule has 2 rings (SSSR count). The fourth-order valence-corrected chi connectivity index (χ4v) is 2.22. The van der Waals surface area contributed by atoms with E-state index in [1.54, 1.807) is 17.0 Å². The molecule has 3 N–H and O–H groups in total. The number of rotatable bonds is 2. The molecular formula is C11H12ClNO4. The Bertz CT molecular complexity index is 441. The molecule has 0 aliphatic carbocycles. The molecular weight excluding hydrogens is 246 g/mol. The Morgan fingerprint density at radius 1 is 1.29 bits per heavy atom. The van der Waals surface area contributed by atoms with Gasteiger partial charge in [0.05, 0.1) is 28.5 Å². The fourth-order valence-electron chi connectivity index (χ4n) is 1.90. The summed E-state index contributed by atoms with van der Waals surface area (Å²) in [6.45, 7) is 0.480. The number of β-amino-alcohol motifs (C(OH)–C–C–N with tert-alkyl or cyclic N) is 2. The van der Waals surface area contributed by atoms with E-state index < -0.39 is 18.2 Å². The summed E-state index contributed by atoms with van der Waals surface area (Å²) in [6, 6.07) is 4.67. The van der Waals surface area contributed by atoms with Crippen LogP contribution in [-0.4, -0.2) is 46.6 Å². The molecule has 5 nitrogen and oxygen atoms in total. The zero-order chi connectivity index (χ0) is 12.6. The van der Waals surface area contributed by atoms with Crippen LogP contribution in [-0.2, 0) is 0 Å². The molecule has 17 heavy (non-hydrogen) atoms. The molecule has 0 amide bonds. The molecule has 0 unspecified atom stereocenters. The van der Waals surface area contributed by atoms with Crippen molar-refractivity contribution in [1.29, 1.82) is 0 Å². The number of carboxylic acids is 1. The third-order valence-corrected chi connectivity index (χ3v) is 3.21. The fraction of sp³-hybridized carbons (Fsp3) is 0.364. The van der Waals surface area contributed by atoms with Gasteiger partial charge in [-0.3, -0.25) is 0 Å². The molecule has 0 radical (unpaired) electrons. The number of halogens is 1. The van der Waals surface area contributed by atoms with Gasteiger partial charge in [0, 0.05) is 13.1 Å². The number of anilines is 1. The summed E-state index contributed by atoms with van der Waals surface area (Å²) in [6.07, 6.45) is -1.67. The lowest BCUT2D eigenvalue weighted by Crippen LogP contribution is -2.22. The molecule has 1 aliphatic rings. The lowest BCUT2D eigenvalue weighted by atomic mass is 10.2. The molecule has 0 aromatic heterocycles. The minimum Gasteiger partial charge on any atom is -0.478 e. The van der Waals surface area contributed by atoms with Crippen molar-refractivity contribution in [3.05, 3.63) is 28.8 Å². The Balaban J connectivity index is 2.34. The van der Waals surface area contributed by atoms with E-state index >= 15 is 0 Å². The van der Waals surface area contributed by atoms with Crippen molar-refractivity contribution >= 4 is 23.3 Å². The van der Waals surface area contributed by atoms with E-state index in [4.69, 9.17) is 16.7 Å². The number of aliphatic hydroxyl groups excluding tert-OH is 2. The van der Waals surface area contributed by atoms with Crippen LogP contribution >= 0.6 is 11.6 Å². The average molecular weight is 258 g/mol. The van der Waals surface area contributed by atoms with Gasteiger partial charge >= 0.3 is 5.97 Å². The highest BCUT2D eigenvalue weighted by Gasteiger charge is 2.31. The van der Waals surface area contributed by atoms with Crippen LogP contribution in [0.3, 0.4) is 0 Å². The maximum absolute atomic E-state index is 10.9. The second kappa shape index (κ2) is 4.52. The number of aromatic carboxylic acids is 1. The molecule has 6 heteroatoms. The molecule has 0 bridgehead atoms. The minimum atomic E-state index is -1.10. The predicted octanol–water partition coefficient (Wildman–Crippen LogP) is 0.580. The number of hydrogen-bond acceptors (Lipinski definition) is 4. The number of carbonyl (C=O) groups is 1. The maximum Gasteiger partial charge on any atom is 0.337 e. The lowest BCUT2D eigenvalue weighted by molar-refractivity contribution is 0.0572. The Kier molecular flexibility index (Phi) is 3.24. The summed E-state index contributed by atoms with van der Waals surface area (Å²) >= 11 is 5.99. The number of hydrogen-bond donors (Lipinski definition) is 3. The third kappa shape index (κ3) is 2.22.